The number of hydrogen-bond donors (Lipinski definition) is 1. The number of para-hydroxylation sites is 1. The summed E-state index contributed by atoms with van der Waals surface area (Å²) in [6.07, 6.45) is 0. The van der Waals surface area contributed by atoms with Crippen molar-refractivity contribution in [2.24, 2.45) is 0 Å². The Morgan fingerprint density at radius 2 is 2.04 bits per heavy atom. The molecule has 1 atom stereocenters. The second kappa shape index (κ2) is 4.95. The average molecular weight is 325 g/mol. The van der Waals surface area contributed by atoms with Crippen molar-refractivity contribution in [3.8, 4) is 0 Å². The second-order valence-electron chi connectivity index (χ2n) is 6.02. The van der Waals surface area contributed by atoms with Crippen LogP contribution in [-0.4, -0.2) is 22.0 Å². The lowest BCUT2D eigenvalue weighted by atomic mass is 9.99. The number of hydrogen-bond acceptors (Lipinski definition) is 5. The van der Waals surface area contributed by atoms with E-state index in [1.165, 1.54) is 0 Å². The van der Waals surface area contributed by atoms with E-state index in [2.05, 4.69) is 10.5 Å². The summed E-state index contributed by atoms with van der Waals surface area (Å²) >= 11 is 0. The summed E-state index contributed by atoms with van der Waals surface area (Å²) < 4.78 is 10.8. The van der Waals surface area contributed by atoms with Gasteiger partial charge in [-0.3, -0.25) is 9.69 Å². The number of aromatic nitrogens is 1. The fraction of sp³-hybridized carbons (Fsp3) is 0.235. The van der Waals surface area contributed by atoms with Crippen molar-refractivity contribution in [1.82, 2.24) is 15.4 Å². The number of aryl methyl sites for hydroxylation is 1. The first-order chi connectivity index (χ1) is 11.5. The maximum absolute atomic E-state index is 12.9. The molecule has 4 rings (SSSR count). The molecule has 0 aliphatic carbocycles. The minimum absolute atomic E-state index is 0.0534. The minimum Gasteiger partial charge on any atom is -0.458 e. The maximum Gasteiger partial charge on any atom is 0.325 e. The Morgan fingerprint density at radius 1 is 1.25 bits per heavy atom. The Labute approximate surface area is 137 Å². The Balaban J connectivity index is 1.68. The number of rotatable bonds is 3. The van der Waals surface area contributed by atoms with Crippen LogP contribution in [0.15, 0.2) is 45.3 Å². The fourth-order valence-electron chi connectivity index (χ4n) is 2.89. The summed E-state index contributed by atoms with van der Waals surface area (Å²) in [5.74, 6) is 0.644. The van der Waals surface area contributed by atoms with Crippen LogP contribution in [0.1, 0.15) is 24.1 Å². The smallest absolute Gasteiger partial charge is 0.325 e. The Kier molecular flexibility index (Phi) is 2.99. The highest BCUT2D eigenvalue weighted by molar-refractivity contribution is 6.07. The van der Waals surface area contributed by atoms with E-state index in [9.17, 15) is 9.59 Å². The van der Waals surface area contributed by atoms with Crippen LogP contribution in [0.25, 0.3) is 11.0 Å². The molecule has 7 heteroatoms. The van der Waals surface area contributed by atoms with Gasteiger partial charge in [-0.2, -0.15) is 0 Å². The van der Waals surface area contributed by atoms with Gasteiger partial charge in [0.25, 0.3) is 5.91 Å². The van der Waals surface area contributed by atoms with Crippen molar-refractivity contribution in [1.29, 1.82) is 0 Å². The highest BCUT2D eigenvalue weighted by Crippen LogP contribution is 2.33. The van der Waals surface area contributed by atoms with E-state index in [0.29, 0.717) is 22.8 Å². The number of furan rings is 1. The van der Waals surface area contributed by atoms with Crippen molar-refractivity contribution in [3.63, 3.8) is 0 Å². The van der Waals surface area contributed by atoms with E-state index in [-0.39, 0.29) is 12.5 Å². The molecule has 3 aromatic rings. The second-order valence-corrected chi connectivity index (χ2v) is 6.02. The third-order valence-electron chi connectivity index (χ3n) is 4.19. The summed E-state index contributed by atoms with van der Waals surface area (Å²) in [4.78, 5) is 26.3. The van der Waals surface area contributed by atoms with Crippen LogP contribution in [0.4, 0.5) is 4.79 Å². The largest absolute Gasteiger partial charge is 0.458 e. The molecule has 1 N–H and O–H groups in total. The lowest BCUT2D eigenvalue weighted by molar-refractivity contribution is -0.132. The molecule has 7 nitrogen and oxygen atoms in total. The Bertz CT molecular complexity index is 925. The van der Waals surface area contributed by atoms with Crippen LogP contribution < -0.4 is 5.32 Å². The van der Waals surface area contributed by atoms with Gasteiger partial charge < -0.3 is 14.3 Å². The molecule has 3 amide bonds. The summed E-state index contributed by atoms with van der Waals surface area (Å²) in [5, 5.41) is 7.43. The third-order valence-corrected chi connectivity index (χ3v) is 4.19. The van der Waals surface area contributed by atoms with E-state index in [4.69, 9.17) is 8.94 Å². The summed E-state index contributed by atoms with van der Waals surface area (Å²) in [6.45, 7) is 3.44. The lowest BCUT2D eigenvalue weighted by Gasteiger charge is -2.18. The lowest BCUT2D eigenvalue weighted by Crippen LogP contribution is -2.40. The van der Waals surface area contributed by atoms with E-state index in [1.807, 2.05) is 24.3 Å². The van der Waals surface area contributed by atoms with Crippen molar-refractivity contribution in [2.45, 2.75) is 25.9 Å². The zero-order valence-electron chi connectivity index (χ0n) is 13.2. The number of amides is 3. The van der Waals surface area contributed by atoms with Gasteiger partial charge >= 0.3 is 6.03 Å². The minimum atomic E-state index is -1.24. The standard InChI is InChI=1S/C17H15N3O4/c1-10-7-12(19-24-10)9-20-15(21)17(2,18-16(20)22)14-8-11-5-3-4-6-13(11)23-14/h3-8H,9H2,1-2H3,(H,18,22)/t17-/m0/s1. The quantitative estimate of drug-likeness (QED) is 0.748. The van der Waals surface area contributed by atoms with Gasteiger partial charge in [0.2, 0.25) is 0 Å². The van der Waals surface area contributed by atoms with Crippen molar-refractivity contribution >= 4 is 22.9 Å². The highest BCUT2D eigenvalue weighted by Gasteiger charge is 2.51. The fourth-order valence-corrected chi connectivity index (χ4v) is 2.89. The molecule has 0 unspecified atom stereocenters. The first-order valence-electron chi connectivity index (χ1n) is 7.53. The molecule has 1 saturated heterocycles. The molecule has 1 fully saturated rings. The van der Waals surface area contributed by atoms with Crippen LogP contribution in [0.3, 0.4) is 0 Å². The number of imide groups is 1. The Hall–Kier alpha value is -3.09. The summed E-state index contributed by atoms with van der Waals surface area (Å²) in [6, 6.07) is 10.4. The molecule has 0 radical (unpaired) electrons. The highest BCUT2D eigenvalue weighted by atomic mass is 16.5. The predicted octanol–water partition coefficient (Wildman–Crippen LogP) is 2.70. The van der Waals surface area contributed by atoms with Crippen LogP contribution in [-0.2, 0) is 16.9 Å². The molecule has 24 heavy (non-hydrogen) atoms. The summed E-state index contributed by atoms with van der Waals surface area (Å²) in [7, 11) is 0. The first-order valence-corrected chi connectivity index (χ1v) is 7.53. The molecule has 0 spiro atoms. The van der Waals surface area contributed by atoms with E-state index >= 15 is 0 Å². The number of fused-ring (bicyclic) bond motifs is 1. The molecular weight excluding hydrogens is 310 g/mol. The first kappa shape index (κ1) is 14.5. The number of carbonyl (C=O) groups is 2. The SMILES string of the molecule is Cc1cc(CN2C(=O)N[C@@](C)(c3cc4ccccc4o3)C2=O)no1. The topological polar surface area (TPSA) is 88.6 Å². The number of nitrogens with zero attached hydrogens (tertiary/aromatic N) is 2. The number of nitrogens with one attached hydrogen (secondary N) is 1. The summed E-state index contributed by atoms with van der Waals surface area (Å²) in [5.41, 5.74) is -0.0549. The Morgan fingerprint density at radius 3 is 2.75 bits per heavy atom. The number of carbonyl (C=O) groups excluding carboxylic acids is 2. The van der Waals surface area contributed by atoms with Crippen LogP contribution in [0.5, 0.6) is 0 Å². The van der Waals surface area contributed by atoms with Gasteiger partial charge in [0.05, 0.1) is 6.54 Å². The molecule has 1 aliphatic heterocycles. The predicted molar refractivity (Wildman–Crippen MR) is 83.9 cm³/mol. The van der Waals surface area contributed by atoms with Crippen LogP contribution >= 0.6 is 0 Å². The monoisotopic (exact) mass is 325 g/mol. The van der Waals surface area contributed by atoms with E-state index in [1.54, 1.807) is 26.0 Å². The zero-order chi connectivity index (χ0) is 16.9. The number of benzene rings is 1. The van der Waals surface area contributed by atoms with E-state index < -0.39 is 11.6 Å². The molecule has 3 heterocycles. The van der Waals surface area contributed by atoms with E-state index in [0.717, 1.165) is 10.3 Å². The van der Waals surface area contributed by atoms with Gasteiger partial charge in [-0.1, -0.05) is 23.4 Å². The van der Waals surface area contributed by atoms with Crippen LogP contribution in [0.2, 0.25) is 0 Å². The molecule has 1 aliphatic rings. The molecule has 0 bridgehead atoms. The van der Waals surface area contributed by atoms with Gasteiger partial charge in [0, 0.05) is 11.5 Å². The average Bonchev–Trinajstić information content (AvgIpc) is 3.22. The van der Waals surface area contributed by atoms with Gasteiger partial charge in [0.15, 0.2) is 5.54 Å². The molecule has 1 aromatic carbocycles. The number of urea groups is 1. The molecule has 0 saturated carbocycles. The zero-order valence-corrected chi connectivity index (χ0v) is 13.2. The molecule has 122 valence electrons. The van der Waals surface area contributed by atoms with Crippen LogP contribution in [0, 0.1) is 6.92 Å². The van der Waals surface area contributed by atoms with Gasteiger partial charge in [-0.05, 0) is 26.0 Å². The third kappa shape index (κ3) is 2.09. The van der Waals surface area contributed by atoms with Crippen molar-refractivity contribution < 1.29 is 18.5 Å². The normalized spacial score (nSPS) is 20.8. The van der Waals surface area contributed by atoms with Crippen molar-refractivity contribution in [2.75, 3.05) is 0 Å². The van der Waals surface area contributed by atoms with Gasteiger partial charge in [0.1, 0.15) is 22.8 Å². The van der Waals surface area contributed by atoms with Gasteiger partial charge in [-0.15, -0.1) is 0 Å². The van der Waals surface area contributed by atoms with Gasteiger partial charge in [-0.25, -0.2) is 4.79 Å². The molecule has 2 aromatic heterocycles. The van der Waals surface area contributed by atoms with Crippen molar-refractivity contribution in [3.05, 3.63) is 53.6 Å². The molecular formula is C17H15N3O4. The maximum atomic E-state index is 12.9.